The van der Waals surface area contributed by atoms with E-state index in [0.29, 0.717) is 25.5 Å². The molecule has 1 unspecified atom stereocenters. The van der Waals surface area contributed by atoms with Crippen LogP contribution in [0.25, 0.3) is 0 Å². The molecule has 1 amide bonds. The molecule has 114 valence electrons. The number of carboxylic acids is 1. The van der Waals surface area contributed by atoms with Gasteiger partial charge in [0.25, 0.3) is 0 Å². The van der Waals surface area contributed by atoms with Crippen molar-refractivity contribution < 1.29 is 24.2 Å². The summed E-state index contributed by atoms with van der Waals surface area (Å²) in [5, 5.41) is 11.5. The molecule has 1 aliphatic heterocycles. The van der Waals surface area contributed by atoms with Gasteiger partial charge in [-0.2, -0.15) is 0 Å². The molecule has 0 aliphatic carbocycles. The zero-order valence-electron chi connectivity index (χ0n) is 11.7. The maximum Gasteiger partial charge on any atom is 0.335 e. The molecule has 2 N–H and O–H groups in total. The van der Waals surface area contributed by atoms with E-state index in [-0.39, 0.29) is 17.6 Å². The highest BCUT2D eigenvalue weighted by atomic mass is 16.5. The largest absolute Gasteiger partial charge is 0.492 e. The summed E-state index contributed by atoms with van der Waals surface area (Å²) in [5.74, 6) is -0.496. The van der Waals surface area contributed by atoms with Crippen LogP contribution >= 0.6 is 0 Å². The van der Waals surface area contributed by atoms with E-state index in [9.17, 15) is 9.59 Å². The fourth-order valence-electron chi connectivity index (χ4n) is 2.10. The highest BCUT2D eigenvalue weighted by Crippen LogP contribution is 2.13. The van der Waals surface area contributed by atoms with Gasteiger partial charge in [-0.15, -0.1) is 0 Å². The molecule has 0 radical (unpaired) electrons. The number of carbonyl (C=O) groups excluding carboxylic acids is 1. The number of amides is 1. The number of hydrogen-bond donors (Lipinski definition) is 2. The average molecular weight is 293 g/mol. The first kappa shape index (κ1) is 15.3. The van der Waals surface area contributed by atoms with Crippen LogP contribution in [-0.2, 0) is 9.53 Å². The lowest BCUT2D eigenvalue weighted by molar-refractivity contribution is -0.135. The zero-order chi connectivity index (χ0) is 15.1. The van der Waals surface area contributed by atoms with Crippen LogP contribution in [0.15, 0.2) is 24.3 Å². The lowest BCUT2D eigenvalue weighted by Crippen LogP contribution is -2.40. The average Bonchev–Trinajstić information content (AvgIpc) is 2.52. The highest BCUT2D eigenvalue weighted by molar-refractivity contribution is 5.87. The van der Waals surface area contributed by atoms with Gasteiger partial charge in [0.05, 0.1) is 12.1 Å². The summed E-state index contributed by atoms with van der Waals surface area (Å²) in [6.45, 7) is 1.36. The Bertz CT molecular complexity index is 479. The van der Waals surface area contributed by atoms with E-state index in [1.54, 1.807) is 12.1 Å². The number of hydrogen-bond acceptors (Lipinski definition) is 4. The van der Waals surface area contributed by atoms with Gasteiger partial charge in [-0.3, -0.25) is 4.79 Å². The summed E-state index contributed by atoms with van der Waals surface area (Å²) in [6, 6.07) is 6.14. The molecular formula is C15H19NO5. The third-order valence-corrected chi connectivity index (χ3v) is 3.24. The smallest absolute Gasteiger partial charge is 0.335 e. The first-order chi connectivity index (χ1) is 10.2. The molecule has 1 fully saturated rings. The van der Waals surface area contributed by atoms with Gasteiger partial charge in [0.2, 0.25) is 5.91 Å². The van der Waals surface area contributed by atoms with Crippen molar-refractivity contribution in [3.8, 4) is 5.75 Å². The second kappa shape index (κ2) is 7.64. The molecule has 6 nitrogen and oxygen atoms in total. The first-order valence-corrected chi connectivity index (χ1v) is 7.02. The maximum atomic E-state index is 11.8. The number of aromatic carboxylic acids is 1. The highest BCUT2D eigenvalue weighted by Gasteiger charge is 2.21. The van der Waals surface area contributed by atoms with E-state index in [2.05, 4.69) is 5.32 Å². The third kappa shape index (κ3) is 4.75. The zero-order valence-corrected chi connectivity index (χ0v) is 11.7. The van der Waals surface area contributed by atoms with Crippen molar-refractivity contribution in [1.29, 1.82) is 0 Å². The second-order valence-corrected chi connectivity index (χ2v) is 4.82. The SMILES string of the molecule is O=C(O)c1ccc(OCCNC(=O)C2CCCCO2)cc1. The van der Waals surface area contributed by atoms with E-state index in [0.717, 1.165) is 19.3 Å². The molecule has 1 aliphatic rings. The molecule has 0 aromatic heterocycles. The van der Waals surface area contributed by atoms with Crippen molar-refractivity contribution in [1.82, 2.24) is 5.32 Å². The van der Waals surface area contributed by atoms with Crippen molar-refractivity contribution in [2.45, 2.75) is 25.4 Å². The third-order valence-electron chi connectivity index (χ3n) is 3.24. The number of ether oxygens (including phenoxy) is 2. The molecule has 6 heteroatoms. The lowest BCUT2D eigenvalue weighted by atomic mass is 10.1. The maximum absolute atomic E-state index is 11.8. The van der Waals surface area contributed by atoms with Gasteiger partial charge in [-0.25, -0.2) is 4.79 Å². The first-order valence-electron chi connectivity index (χ1n) is 7.02. The van der Waals surface area contributed by atoms with Crippen LogP contribution in [0.3, 0.4) is 0 Å². The predicted octanol–water partition coefficient (Wildman–Crippen LogP) is 1.45. The van der Waals surface area contributed by atoms with E-state index in [1.807, 2.05) is 0 Å². The van der Waals surface area contributed by atoms with Gasteiger partial charge in [0.1, 0.15) is 18.5 Å². The van der Waals surface area contributed by atoms with Crippen LogP contribution in [0.5, 0.6) is 5.75 Å². The van der Waals surface area contributed by atoms with Crippen molar-refractivity contribution in [2.75, 3.05) is 19.8 Å². The predicted molar refractivity (Wildman–Crippen MR) is 75.5 cm³/mol. The number of benzene rings is 1. The van der Waals surface area contributed by atoms with Crippen molar-refractivity contribution in [2.24, 2.45) is 0 Å². The van der Waals surface area contributed by atoms with E-state index in [1.165, 1.54) is 12.1 Å². The Balaban J connectivity index is 1.67. The van der Waals surface area contributed by atoms with Gasteiger partial charge in [-0.05, 0) is 43.5 Å². The molecule has 1 aromatic rings. The molecule has 1 saturated heterocycles. The molecule has 0 saturated carbocycles. The standard InChI is InChI=1S/C15H19NO5/c17-14(13-3-1-2-9-21-13)16-8-10-20-12-6-4-11(5-7-12)15(18)19/h4-7,13H,1-3,8-10H2,(H,16,17)(H,18,19). The number of carbonyl (C=O) groups is 2. The van der Waals surface area contributed by atoms with Gasteiger partial charge in [0, 0.05) is 6.61 Å². The van der Waals surface area contributed by atoms with Crippen LogP contribution < -0.4 is 10.1 Å². The summed E-state index contributed by atoms with van der Waals surface area (Å²) < 4.78 is 10.8. The minimum atomic E-state index is -0.971. The quantitative estimate of drug-likeness (QED) is 0.775. The summed E-state index contributed by atoms with van der Waals surface area (Å²) in [4.78, 5) is 22.5. The van der Waals surface area contributed by atoms with Crippen molar-refractivity contribution in [3.63, 3.8) is 0 Å². The van der Waals surface area contributed by atoms with Gasteiger partial charge in [0.15, 0.2) is 0 Å². The van der Waals surface area contributed by atoms with Gasteiger partial charge < -0.3 is 19.9 Å². The fraction of sp³-hybridized carbons (Fsp3) is 0.467. The number of rotatable bonds is 6. The molecule has 1 heterocycles. The van der Waals surface area contributed by atoms with Crippen LogP contribution in [-0.4, -0.2) is 42.8 Å². The number of carboxylic acid groups (broad SMARTS) is 1. The Kier molecular flexibility index (Phi) is 5.57. The minimum absolute atomic E-state index is 0.0977. The van der Waals surface area contributed by atoms with Crippen molar-refractivity contribution >= 4 is 11.9 Å². The topological polar surface area (TPSA) is 84.9 Å². The Morgan fingerprint density at radius 1 is 1.29 bits per heavy atom. The summed E-state index contributed by atoms with van der Waals surface area (Å²) in [7, 11) is 0. The summed E-state index contributed by atoms with van der Waals surface area (Å²) in [6.07, 6.45) is 2.46. The van der Waals surface area contributed by atoms with Gasteiger partial charge >= 0.3 is 5.97 Å². The molecular weight excluding hydrogens is 274 g/mol. The molecule has 2 rings (SSSR count). The second-order valence-electron chi connectivity index (χ2n) is 4.82. The Morgan fingerprint density at radius 2 is 2.05 bits per heavy atom. The molecule has 1 atom stereocenters. The van der Waals surface area contributed by atoms with Crippen LogP contribution in [0.2, 0.25) is 0 Å². The van der Waals surface area contributed by atoms with Crippen LogP contribution in [0, 0.1) is 0 Å². The summed E-state index contributed by atoms with van der Waals surface area (Å²) in [5.41, 5.74) is 0.213. The minimum Gasteiger partial charge on any atom is -0.492 e. The summed E-state index contributed by atoms with van der Waals surface area (Å²) >= 11 is 0. The fourth-order valence-corrected chi connectivity index (χ4v) is 2.10. The Hall–Kier alpha value is -2.08. The van der Waals surface area contributed by atoms with E-state index in [4.69, 9.17) is 14.6 Å². The number of nitrogens with one attached hydrogen (secondary N) is 1. The van der Waals surface area contributed by atoms with E-state index >= 15 is 0 Å². The van der Waals surface area contributed by atoms with Gasteiger partial charge in [-0.1, -0.05) is 0 Å². The Labute approximate surface area is 123 Å². The van der Waals surface area contributed by atoms with E-state index < -0.39 is 5.97 Å². The monoisotopic (exact) mass is 293 g/mol. The molecule has 0 spiro atoms. The van der Waals surface area contributed by atoms with Crippen LogP contribution in [0.1, 0.15) is 29.6 Å². The molecule has 0 bridgehead atoms. The normalized spacial score (nSPS) is 18.0. The Morgan fingerprint density at radius 3 is 2.67 bits per heavy atom. The van der Waals surface area contributed by atoms with Crippen molar-refractivity contribution in [3.05, 3.63) is 29.8 Å². The lowest BCUT2D eigenvalue weighted by Gasteiger charge is -2.21. The van der Waals surface area contributed by atoms with Crippen LogP contribution in [0.4, 0.5) is 0 Å². The molecule has 21 heavy (non-hydrogen) atoms. The molecule has 1 aromatic carbocycles.